The Labute approximate surface area is 194 Å². The lowest BCUT2D eigenvalue weighted by molar-refractivity contribution is -0.134. The number of carbonyl (C=O) groups is 1. The first-order valence-corrected chi connectivity index (χ1v) is 12.3. The molecule has 0 aliphatic carbocycles. The quantitative estimate of drug-likeness (QED) is 0.372. The number of nitrogens with one attached hydrogen (secondary N) is 2. The maximum Gasteiger partial charge on any atom is 0.322 e. The largest absolute Gasteiger partial charge is 0.480 e. The van der Waals surface area contributed by atoms with Gasteiger partial charge in [-0.2, -0.15) is 0 Å². The Morgan fingerprint density at radius 2 is 1.85 bits per heavy atom. The zero-order valence-corrected chi connectivity index (χ0v) is 19.3. The molecule has 3 rings (SSSR count). The fourth-order valence-electron chi connectivity index (χ4n) is 3.38. The van der Waals surface area contributed by atoms with Crippen molar-refractivity contribution < 1.29 is 18.3 Å². The van der Waals surface area contributed by atoms with Crippen LogP contribution >= 0.6 is 0 Å². The number of aryl methyl sites for hydroxylation is 1. The van der Waals surface area contributed by atoms with Crippen molar-refractivity contribution >= 4 is 21.8 Å². The molecule has 2 aromatic heterocycles. The third-order valence-electron chi connectivity index (χ3n) is 4.98. The Morgan fingerprint density at radius 3 is 2.64 bits per heavy atom. The van der Waals surface area contributed by atoms with E-state index in [1.165, 1.54) is 11.8 Å². The van der Waals surface area contributed by atoms with Crippen LogP contribution in [0.5, 0.6) is 0 Å². The third kappa shape index (κ3) is 7.37. The molecule has 2 heterocycles. The summed E-state index contributed by atoms with van der Waals surface area (Å²) in [5.41, 5.74) is 3.34. The minimum absolute atomic E-state index is 0.0101. The first-order valence-electron chi connectivity index (χ1n) is 10.8. The number of aromatic nitrogens is 2. The Hall–Kier alpha value is -3.30. The molecule has 0 unspecified atom stereocenters. The van der Waals surface area contributed by atoms with Gasteiger partial charge in [0.05, 0.1) is 12.2 Å². The number of sulfonamides is 1. The van der Waals surface area contributed by atoms with Crippen molar-refractivity contribution in [2.24, 2.45) is 0 Å². The summed E-state index contributed by atoms with van der Waals surface area (Å²) in [5.74, 6) is -0.655. The van der Waals surface area contributed by atoms with E-state index in [1.807, 2.05) is 12.1 Å². The van der Waals surface area contributed by atoms with Crippen LogP contribution in [-0.4, -0.2) is 36.0 Å². The number of anilines is 1. The van der Waals surface area contributed by atoms with Gasteiger partial charge in [0.1, 0.15) is 12.4 Å². The predicted octanol–water partition coefficient (Wildman–Crippen LogP) is 3.39. The molecule has 0 aliphatic rings. The van der Waals surface area contributed by atoms with Crippen molar-refractivity contribution in [3.05, 3.63) is 83.2 Å². The van der Waals surface area contributed by atoms with Crippen LogP contribution in [0.2, 0.25) is 0 Å². The highest BCUT2D eigenvalue weighted by Gasteiger charge is 2.20. The summed E-state index contributed by atoms with van der Waals surface area (Å²) < 4.78 is 28.6. The fourth-order valence-corrected chi connectivity index (χ4v) is 4.54. The van der Waals surface area contributed by atoms with Gasteiger partial charge in [0.2, 0.25) is 0 Å². The summed E-state index contributed by atoms with van der Waals surface area (Å²) in [5, 5.41) is 11.4. The lowest BCUT2D eigenvalue weighted by Gasteiger charge is -2.12. The van der Waals surface area contributed by atoms with Crippen LogP contribution in [0.25, 0.3) is 0 Å². The van der Waals surface area contributed by atoms with Gasteiger partial charge >= 0.3 is 5.97 Å². The van der Waals surface area contributed by atoms with Crippen LogP contribution in [0.15, 0.2) is 65.8 Å². The van der Waals surface area contributed by atoms with Gasteiger partial charge in [0.15, 0.2) is 5.03 Å². The molecule has 0 fully saturated rings. The number of hydrogen-bond donors (Lipinski definition) is 3. The maximum absolute atomic E-state index is 13.0. The molecule has 0 atom stereocenters. The van der Waals surface area contributed by atoms with Gasteiger partial charge < -0.3 is 10.4 Å². The van der Waals surface area contributed by atoms with Gasteiger partial charge in [0, 0.05) is 12.6 Å². The topological polar surface area (TPSA) is 121 Å². The summed E-state index contributed by atoms with van der Waals surface area (Å²) in [6.45, 7) is 1.83. The molecule has 0 spiro atoms. The van der Waals surface area contributed by atoms with E-state index in [9.17, 15) is 13.2 Å². The number of unbranched alkanes of at least 4 members (excludes halogenated alkanes) is 1. The summed E-state index contributed by atoms with van der Waals surface area (Å²) >= 11 is 0. The lowest BCUT2D eigenvalue weighted by Crippen LogP contribution is -2.26. The summed E-state index contributed by atoms with van der Waals surface area (Å²) in [6.07, 6.45) is 5.15. The molecule has 9 heteroatoms. The Bertz CT molecular complexity index is 1200. The van der Waals surface area contributed by atoms with E-state index in [0.717, 1.165) is 24.8 Å². The van der Waals surface area contributed by atoms with Gasteiger partial charge in [-0.25, -0.2) is 23.1 Å². The summed E-state index contributed by atoms with van der Waals surface area (Å²) in [7, 11) is -3.89. The highest BCUT2D eigenvalue weighted by atomic mass is 32.2. The summed E-state index contributed by atoms with van der Waals surface area (Å²) in [4.78, 5) is 19.1. The molecule has 0 aliphatic heterocycles. The molecule has 174 valence electrons. The van der Waals surface area contributed by atoms with E-state index < -0.39 is 16.0 Å². The molecule has 0 saturated heterocycles. The van der Waals surface area contributed by atoms with Crippen molar-refractivity contribution in [1.29, 1.82) is 0 Å². The number of rotatable bonds is 12. The monoisotopic (exact) mass is 468 g/mol. The number of carboxylic acids is 1. The Balaban J connectivity index is 1.73. The molecule has 8 nitrogen and oxygen atoms in total. The van der Waals surface area contributed by atoms with Gasteiger partial charge in [-0.15, -0.1) is 0 Å². The molecule has 0 saturated carbocycles. The van der Waals surface area contributed by atoms with E-state index in [-0.39, 0.29) is 18.1 Å². The second kappa shape index (κ2) is 11.5. The van der Waals surface area contributed by atoms with E-state index in [2.05, 4.69) is 39.1 Å². The van der Waals surface area contributed by atoms with Crippen LogP contribution in [0.3, 0.4) is 0 Å². The van der Waals surface area contributed by atoms with Crippen molar-refractivity contribution in [3.63, 3.8) is 0 Å². The van der Waals surface area contributed by atoms with E-state index in [0.29, 0.717) is 23.5 Å². The highest BCUT2D eigenvalue weighted by Crippen LogP contribution is 2.19. The van der Waals surface area contributed by atoms with Crippen LogP contribution in [0.1, 0.15) is 42.1 Å². The smallest absolute Gasteiger partial charge is 0.322 e. The predicted molar refractivity (Wildman–Crippen MR) is 126 cm³/mol. The Morgan fingerprint density at radius 1 is 1.06 bits per heavy atom. The van der Waals surface area contributed by atoms with Crippen LogP contribution in [0, 0.1) is 0 Å². The highest BCUT2D eigenvalue weighted by molar-refractivity contribution is 7.89. The zero-order chi connectivity index (χ0) is 23.7. The molecule has 33 heavy (non-hydrogen) atoms. The standard InChI is InChI=1S/C24H28N4O4S/c1-2-3-7-18-8-4-9-19(14-18)15-20-10-6-13-25-24(20)33(31,32)27-16-21-11-5-12-22(28-21)26-17-23(29)30/h4-6,8-14,27H,2-3,7,15-17H2,1H3,(H,26,28)(H,29,30). The van der Waals surface area contributed by atoms with E-state index in [4.69, 9.17) is 5.11 Å². The van der Waals surface area contributed by atoms with Crippen molar-refractivity contribution in [3.8, 4) is 0 Å². The molecule has 0 amide bonds. The number of carboxylic acid groups (broad SMARTS) is 1. The second-order valence-electron chi connectivity index (χ2n) is 7.65. The molecular weight excluding hydrogens is 440 g/mol. The number of aliphatic carboxylic acids is 1. The first-order chi connectivity index (χ1) is 15.9. The third-order valence-corrected chi connectivity index (χ3v) is 6.38. The normalized spacial score (nSPS) is 11.3. The lowest BCUT2D eigenvalue weighted by atomic mass is 10.0. The molecule has 0 bridgehead atoms. The van der Waals surface area contributed by atoms with Gasteiger partial charge in [-0.1, -0.05) is 49.7 Å². The van der Waals surface area contributed by atoms with Crippen molar-refractivity contribution in [2.75, 3.05) is 11.9 Å². The average molecular weight is 469 g/mol. The molecular formula is C24H28N4O4S. The number of nitrogens with zero attached hydrogens (tertiary/aromatic N) is 2. The van der Waals surface area contributed by atoms with Crippen LogP contribution < -0.4 is 10.0 Å². The Kier molecular flexibility index (Phi) is 8.51. The van der Waals surface area contributed by atoms with Gasteiger partial charge in [-0.3, -0.25) is 4.79 Å². The molecule has 3 aromatic rings. The second-order valence-corrected chi connectivity index (χ2v) is 9.34. The van der Waals surface area contributed by atoms with Crippen molar-refractivity contribution in [1.82, 2.24) is 14.7 Å². The van der Waals surface area contributed by atoms with Gasteiger partial charge in [0.25, 0.3) is 10.0 Å². The number of hydrogen-bond acceptors (Lipinski definition) is 6. The van der Waals surface area contributed by atoms with Crippen molar-refractivity contribution in [2.45, 2.75) is 44.2 Å². The molecule has 3 N–H and O–H groups in total. The number of pyridine rings is 2. The first kappa shape index (κ1) is 24.3. The van der Waals surface area contributed by atoms with Gasteiger partial charge in [-0.05, 0) is 47.7 Å². The average Bonchev–Trinajstić information content (AvgIpc) is 2.81. The fraction of sp³-hybridized carbons (Fsp3) is 0.292. The van der Waals surface area contributed by atoms with Crippen LogP contribution in [-0.2, 0) is 34.2 Å². The number of benzene rings is 1. The minimum atomic E-state index is -3.89. The molecule has 1 aromatic carbocycles. The maximum atomic E-state index is 13.0. The minimum Gasteiger partial charge on any atom is -0.480 e. The molecule has 0 radical (unpaired) electrons. The van der Waals surface area contributed by atoms with Crippen LogP contribution in [0.4, 0.5) is 5.82 Å². The van der Waals surface area contributed by atoms with E-state index >= 15 is 0 Å². The summed E-state index contributed by atoms with van der Waals surface area (Å²) in [6, 6.07) is 16.7. The zero-order valence-electron chi connectivity index (χ0n) is 18.5. The SMILES string of the molecule is CCCCc1cccc(Cc2cccnc2S(=O)(=O)NCc2cccc(NCC(=O)O)n2)c1. The van der Waals surface area contributed by atoms with E-state index in [1.54, 1.807) is 30.3 Å².